The van der Waals surface area contributed by atoms with Crippen LogP contribution in [-0.2, 0) is 0 Å². The van der Waals surface area contributed by atoms with E-state index in [9.17, 15) is 0 Å². The molecule has 0 aliphatic rings. The number of unbranched alkanes of at least 4 members (excludes halogenated alkanes) is 4. The van der Waals surface area contributed by atoms with Gasteiger partial charge in [-0.3, -0.25) is 0 Å². The zero-order valence-corrected chi connectivity index (χ0v) is 6.88. The smallest absolute Gasteiger partial charge is 0.00235 e. The summed E-state index contributed by atoms with van der Waals surface area (Å²) in [6.07, 6.45) is 10.1. The molecule has 0 aromatic carbocycles. The van der Waals surface area contributed by atoms with Crippen LogP contribution >= 0.6 is 11.8 Å². The van der Waals surface area contributed by atoms with E-state index in [-0.39, 0.29) is 0 Å². The van der Waals surface area contributed by atoms with E-state index in [1.807, 2.05) is 0 Å². The lowest BCUT2D eigenvalue weighted by atomic mass is 10.2. The lowest BCUT2D eigenvalue weighted by molar-refractivity contribution is 0.677. The zero-order valence-electron chi connectivity index (χ0n) is 6.07. The van der Waals surface area contributed by atoms with Crippen molar-refractivity contribution in [2.75, 3.05) is 5.75 Å². The van der Waals surface area contributed by atoms with Gasteiger partial charge in [0.15, 0.2) is 0 Å². The third-order valence-electron chi connectivity index (χ3n) is 1.29. The third-order valence-corrected chi connectivity index (χ3v) is 1.87. The quantitative estimate of drug-likeness (QED) is 0.515. The van der Waals surface area contributed by atoms with E-state index >= 15 is 0 Å². The van der Waals surface area contributed by atoms with Crippen LogP contribution in [0.3, 0.4) is 0 Å². The molecule has 0 aromatic rings. The van der Waals surface area contributed by atoms with Crippen molar-refractivity contribution in [2.45, 2.75) is 32.1 Å². The molecule has 0 unspecified atom stereocenters. The molecule has 0 atom stereocenters. The fraction of sp³-hybridized carbons (Fsp3) is 0.750. The van der Waals surface area contributed by atoms with Crippen LogP contribution in [0.1, 0.15) is 32.1 Å². The fourth-order valence-electron chi connectivity index (χ4n) is 0.734. The molecule has 0 fully saturated rings. The summed E-state index contributed by atoms with van der Waals surface area (Å²) < 4.78 is 0. The standard InChI is InChI=1S/C8H16S/c1-3-4-5-6-7-8-9-2/h1-8H2. The number of rotatable bonds is 6. The Kier molecular flexibility index (Phi) is 8.67. The van der Waals surface area contributed by atoms with Gasteiger partial charge in [0.05, 0.1) is 0 Å². The Hall–Kier alpha value is 0.350. The van der Waals surface area contributed by atoms with Gasteiger partial charge in [-0.05, 0) is 12.2 Å². The van der Waals surface area contributed by atoms with Gasteiger partial charge >= 0.3 is 0 Å². The molecule has 0 aliphatic heterocycles. The second-order valence-electron chi connectivity index (χ2n) is 2.18. The van der Waals surface area contributed by atoms with Crippen molar-refractivity contribution in [2.24, 2.45) is 0 Å². The highest BCUT2D eigenvalue weighted by atomic mass is 32.2. The van der Waals surface area contributed by atoms with Gasteiger partial charge < -0.3 is 0 Å². The molecule has 0 spiro atoms. The first-order chi connectivity index (χ1) is 4.41. The van der Waals surface area contributed by atoms with Crippen LogP contribution in [0.5, 0.6) is 0 Å². The number of hydrogen-bond acceptors (Lipinski definition) is 1. The fourth-order valence-corrected chi connectivity index (χ4v) is 1.14. The molecule has 0 amide bonds. The Balaban J connectivity index is 2.60. The predicted octanol–water partition coefficient (Wildman–Crippen LogP) is 3.30. The van der Waals surface area contributed by atoms with E-state index < -0.39 is 0 Å². The summed E-state index contributed by atoms with van der Waals surface area (Å²) in [4.78, 5) is 0. The summed E-state index contributed by atoms with van der Waals surface area (Å²) in [7, 11) is 0. The average molecular weight is 144 g/mol. The minimum atomic E-state index is 1.09. The molecule has 0 saturated carbocycles. The van der Waals surface area contributed by atoms with Crippen LogP contribution in [0, 0.1) is 13.2 Å². The van der Waals surface area contributed by atoms with Crippen molar-refractivity contribution in [3.63, 3.8) is 0 Å². The van der Waals surface area contributed by atoms with Crippen molar-refractivity contribution in [1.29, 1.82) is 0 Å². The molecule has 0 aliphatic carbocycles. The van der Waals surface area contributed by atoms with Crippen LogP contribution in [0.4, 0.5) is 0 Å². The Morgan fingerprint density at radius 2 is 1.67 bits per heavy atom. The topological polar surface area (TPSA) is 0 Å². The van der Waals surface area contributed by atoms with Gasteiger partial charge in [0, 0.05) is 6.26 Å². The van der Waals surface area contributed by atoms with Crippen molar-refractivity contribution < 1.29 is 0 Å². The Morgan fingerprint density at radius 1 is 1.00 bits per heavy atom. The maximum absolute atomic E-state index is 3.79. The second-order valence-corrected chi connectivity index (χ2v) is 2.99. The lowest BCUT2D eigenvalue weighted by Crippen LogP contribution is -1.78. The second kappa shape index (κ2) is 8.35. The summed E-state index contributed by atoms with van der Waals surface area (Å²) in [6.45, 7) is 3.79. The SMILES string of the molecule is [CH2]CCCCCCS[CH2]. The summed E-state index contributed by atoms with van der Waals surface area (Å²) in [5.74, 6) is 1.22. The summed E-state index contributed by atoms with van der Waals surface area (Å²) >= 11 is 1.69. The molecule has 0 nitrogen and oxygen atoms in total. The molecule has 9 heavy (non-hydrogen) atoms. The van der Waals surface area contributed by atoms with Gasteiger partial charge in [-0.15, -0.1) is 0 Å². The van der Waals surface area contributed by atoms with Crippen LogP contribution < -0.4 is 0 Å². The molecular weight excluding hydrogens is 128 g/mol. The van der Waals surface area contributed by atoms with Gasteiger partial charge in [-0.25, -0.2) is 0 Å². The molecule has 0 aromatic heterocycles. The first-order valence-electron chi connectivity index (χ1n) is 3.58. The third kappa shape index (κ3) is 8.35. The van der Waals surface area contributed by atoms with Crippen molar-refractivity contribution in [3.05, 3.63) is 13.2 Å². The molecule has 0 rings (SSSR count). The Morgan fingerprint density at radius 3 is 2.22 bits per heavy atom. The van der Waals surface area contributed by atoms with Crippen molar-refractivity contribution in [1.82, 2.24) is 0 Å². The summed E-state index contributed by atoms with van der Waals surface area (Å²) in [6, 6.07) is 0. The number of hydrogen-bond donors (Lipinski definition) is 0. The largest absolute Gasteiger partial charge is 0.161 e. The lowest BCUT2D eigenvalue weighted by Gasteiger charge is -1.95. The summed E-state index contributed by atoms with van der Waals surface area (Å²) in [5, 5.41) is 0. The Labute approximate surface area is 63.4 Å². The average Bonchev–Trinajstić information content (AvgIpc) is 1.89. The maximum Gasteiger partial charge on any atom is 0.00235 e. The number of thioether (sulfide) groups is 1. The van der Waals surface area contributed by atoms with Crippen molar-refractivity contribution in [3.8, 4) is 0 Å². The zero-order chi connectivity index (χ0) is 6.95. The molecule has 0 N–H and O–H groups in total. The molecular formula is C8H16S. The van der Waals surface area contributed by atoms with E-state index in [0.29, 0.717) is 0 Å². The minimum Gasteiger partial charge on any atom is -0.161 e. The van der Waals surface area contributed by atoms with E-state index in [1.54, 1.807) is 11.8 Å². The van der Waals surface area contributed by atoms with E-state index in [2.05, 4.69) is 13.2 Å². The molecule has 54 valence electrons. The highest BCUT2D eigenvalue weighted by Crippen LogP contribution is 2.06. The molecule has 0 bridgehead atoms. The normalized spacial score (nSPS) is 10.0. The van der Waals surface area contributed by atoms with Gasteiger partial charge in [0.25, 0.3) is 0 Å². The van der Waals surface area contributed by atoms with Gasteiger partial charge in [0.2, 0.25) is 0 Å². The van der Waals surface area contributed by atoms with Gasteiger partial charge in [-0.2, -0.15) is 11.8 Å². The van der Waals surface area contributed by atoms with Gasteiger partial charge in [0.1, 0.15) is 0 Å². The van der Waals surface area contributed by atoms with E-state index in [0.717, 1.165) is 6.42 Å². The van der Waals surface area contributed by atoms with E-state index in [1.165, 1.54) is 31.4 Å². The van der Waals surface area contributed by atoms with Crippen molar-refractivity contribution >= 4 is 11.8 Å². The molecule has 1 heteroatoms. The molecule has 0 heterocycles. The Bertz CT molecular complexity index is 37.8. The minimum absolute atomic E-state index is 1.09. The first-order valence-corrected chi connectivity index (χ1v) is 4.73. The van der Waals surface area contributed by atoms with Crippen LogP contribution in [0.15, 0.2) is 0 Å². The highest BCUT2D eigenvalue weighted by molar-refractivity contribution is 8.00. The van der Waals surface area contributed by atoms with E-state index in [4.69, 9.17) is 0 Å². The first kappa shape index (κ1) is 9.35. The molecule has 0 saturated heterocycles. The monoisotopic (exact) mass is 144 g/mol. The van der Waals surface area contributed by atoms with Crippen LogP contribution in [0.2, 0.25) is 0 Å². The maximum atomic E-state index is 3.79. The van der Waals surface area contributed by atoms with Crippen LogP contribution in [0.25, 0.3) is 0 Å². The summed E-state index contributed by atoms with van der Waals surface area (Å²) in [5.41, 5.74) is 0. The van der Waals surface area contributed by atoms with Gasteiger partial charge in [-0.1, -0.05) is 32.6 Å². The van der Waals surface area contributed by atoms with Crippen LogP contribution in [-0.4, -0.2) is 5.75 Å². The molecule has 2 radical (unpaired) electrons. The predicted molar refractivity (Wildman–Crippen MR) is 46.3 cm³/mol. The highest BCUT2D eigenvalue weighted by Gasteiger charge is 1.86.